The molecule has 0 aromatic heterocycles. The zero-order valence-electron chi connectivity index (χ0n) is 10.9. The average Bonchev–Trinajstić information content (AvgIpc) is 2.35. The highest BCUT2D eigenvalue weighted by atomic mass is 16.6. The molecule has 6 heteroatoms. The van der Waals surface area contributed by atoms with Crippen LogP contribution in [0.3, 0.4) is 0 Å². The second-order valence-electron chi connectivity index (χ2n) is 3.81. The van der Waals surface area contributed by atoms with Crippen LogP contribution in [0.5, 0.6) is 11.5 Å². The van der Waals surface area contributed by atoms with E-state index in [0.29, 0.717) is 17.2 Å². The van der Waals surface area contributed by atoms with Gasteiger partial charge in [-0.2, -0.15) is 0 Å². The lowest BCUT2D eigenvalue weighted by molar-refractivity contribution is 0.117. The van der Waals surface area contributed by atoms with E-state index >= 15 is 0 Å². The van der Waals surface area contributed by atoms with Crippen LogP contribution in [-0.2, 0) is 4.74 Å². The number of hydrogen-bond acceptors (Lipinski definition) is 5. The van der Waals surface area contributed by atoms with Crippen LogP contribution in [0, 0.1) is 0 Å². The van der Waals surface area contributed by atoms with Crippen molar-refractivity contribution in [3.63, 3.8) is 0 Å². The number of rotatable bonds is 5. The number of carbonyl (C=O) groups is 1. The Kier molecular flexibility index (Phi) is 5.10. The standard InChI is InChI=1S/C12H18N2O4/c1-8(2)18-12(15)14-13-9-5-10(16-3)7-11(6-9)17-4/h5-8,13H,1-4H3,(H,14,15). The smallest absolute Gasteiger partial charge is 0.426 e. The molecule has 0 aliphatic carbocycles. The quantitative estimate of drug-likeness (QED) is 0.788. The maximum Gasteiger partial charge on any atom is 0.426 e. The SMILES string of the molecule is COc1cc(NNC(=O)OC(C)C)cc(OC)c1. The van der Waals surface area contributed by atoms with E-state index in [2.05, 4.69) is 10.9 Å². The number of carbonyl (C=O) groups excluding carboxylic acids is 1. The summed E-state index contributed by atoms with van der Waals surface area (Å²) in [5, 5.41) is 0. The number of methoxy groups -OCH3 is 2. The molecule has 0 bridgehead atoms. The highest BCUT2D eigenvalue weighted by molar-refractivity contribution is 5.70. The molecule has 0 atom stereocenters. The number of ether oxygens (including phenoxy) is 3. The van der Waals surface area contributed by atoms with Crippen LogP contribution in [0.25, 0.3) is 0 Å². The molecule has 0 spiro atoms. The molecule has 1 aromatic carbocycles. The van der Waals surface area contributed by atoms with Crippen molar-refractivity contribution < 1.29 is 19.0 Å². The summed E-state index contributed by atoms with van der Waals surface area (Å²) in [7, 11) is 3.11. The van der Waals surface area contributed by atoms with E-state index in [1.165, 1.54) is 0 Å². The van der Waals surface area contributed by atoms with Gasteiger partial charge in [0, 0.05) is 18.2 Å². The highest BCUT2D eigenvalue weighted by Crippen LogP contribution is 2.25. The van der Waals surface area contributed by atoms with E-state index in [1.54, 1.807) is 46.3 Å². The van der Waals surface area contributed by atoms with Crippen molar-refractivity contribution in [1.82, 2.24) is 5.43 Å². The lowest BCUT2D eigenvalue weighted by Crippen LogP contribution is -2.31. The molecule has 100 valence electrons. The van der Waals surface area contributed by atoms with Gasteiger partial charge in [-0.1, -0.05) is 0 Å². The van der Waals surface area contributed by atoms with Crippen molar-refractivity contribution in [3.05, 3.63) is 18.2 Å². The van der Waals surface area contributed by atoms with Crippen LogP contribution < -0.4 is 20.3 Å². The normalized spacial score (nSPS) is 9.83. The number of hydrazine groups is 1. The number of hydrogen-bond donors (Lipinski definition) is 2. The number of benzene rings is 1. The first kappa shape index (κ1) is 14.0. The average molecular weight is 254 g/mol. The van der Waals surface area contributed by atoms with Gasteiger partial charge >= 0.3 is 6.09 Å². The Morgan fingerprint density at radius 2 is 1.67 bits per heavy atom. The van der Waals surface area contributed by atoms with E-state index in [0.717, 1.165) is 0 Å². The third kappa shape index (κ3) is 4.40. The van der Waals surface area contributed by atoms with Gasteiger partial charge in [-0.25, -0.2) is 10.2 Å². The van der Waals surface area contributed by atoms with Crippen molar-refractivity contribution >= 4 is 11.8 Å². The molecule has 6 nitrogen and oxygen atoms in total. The molecule has 0 aliphatic rings. The van der Waals surface area contributed by atoms with Gasteiger partial charge in [-0.05, 0) is 13.8 Å². The fourth-order valence-corrected chi connectivity index (χ4v) is 1.25. The minimum Gasteiger partial charge on any atom is -0.497 e. The van der Waals surface area contributed by atoms with Gasteiger partial charge in [0.15, 0.2) is 0 Å². The fraction of sp³-hybridized carbons (Fsp3) is 0.417. The largest absolute Gasteiger partial charge is 0.497 e. The van der Waals surface area contributed by atoms with Crippen LogP contribution in [0.1, 0.15) is 13.8 Å². The van der Waals surface area contributed by atoms with Crippen LogP contribution >= 0.6 is 0 Å². The third-order valence-electron chi connectivity index (χ3n) is 2.00. The highest BCUT2D eigenvalue weighted by Gasteiger charge is 2.05. The minimum absolute atomic E-state index is 0.174. The van der Waals surface area contributed by atoms with E-state index in [-0.39, 0.29) is 6.10 Å². The number of amides is 1. The van der Waals surface area contributed by atoms with Crippen molar-refractivity contribution in [1.29, 1.82) is 0 Å². The van der Waals surface area contributed by atoms with Crippen LogP contribution in [0.15, 0.2) is 18.2 Å². The summed E-state index contributed by atoms with van der Waals surface area (Å²) in [5.41, 5.74) is 5.76. The topological polar surface area (TPSA) is 68.8 Å². The first-order valence-corrected chi connectivity index (χ1v) is 5.51. The second-order valence-corrected chi connectivity index (χ2v) is 3.81. The van der Waals surface area contributed by atoms with E-state index in [9.17, 15) is 4.79 Å². The predicted molar refractivity (Wildman–Crippen MR) is 67.9 cm³/mol. The zero-order chi connectivity index (χ0) is 13.5. The molecule has 0 saturated carbocycles. The Labute approximate surface area is 106 Å². The minimum atomic E-state index is -0.549. The molecule has 1 rings (SSSR count). The van der Waals surface area contributed by atoms with Gasteiger partial charge in [-0.3, -0.25) is 5.43 Å². The Morgan fingerprint density at radius 3 is 2.11 bits per heavy atom. The van der Waals surface area contributed by atoms with E-state index in [4.69, 9.17) is 14.2 Å². The zero-order valence-corrected chi connectivity index (χ0v) is 10.9. The molecule has 0 saturated heterocycles. The first-order chi connectivity index (χ1) is 8.55. The number of nitrogens with one attached hydrogen (secondary N) is 2. The molecule has 0 fully saturated rings. The van der Waals surface area contributed by atoms with Crippen LogP contribution in [-0.4, -0.2) is 26.4 Å². The summed E-state index contributed by atoms with van der Waals surface area (Å²) in [6.07, 6.45) is -0.724. The van der Waals surface area contributed by atoms with Crippen LogP contribution in [0.4, 0.5) is 10.5 Å². The fourth-order valence-electron chi connectivity index (χ4n) is 1.25. The summed E-state index contributed by atoms with van der Waals surface area (Å²) in [6.45, 7) is 3.54. The Bertz CT molecular complexity index is 385. The summed E-state index contributed by atoms with van der Waals surface area (Å²) < 4.78 is 15.1. The second kappa shape index (κ2) is 6.58. The molecule has 0 radical (unpaired) electrons. The van der Waals surface area contributed by atoms with Gasteiger partial charge < -0.3 is 14.2 Å². The Morgan fingerprint density at radius 1 is 1.11 bits per heavy atom. The Balaban J connectivity index is 2.63. The van der Waals surface area contributed by atoms with E-state index in [1.807, 2.05) is 0 Å². The molecule has 1 amide bonds. The molecule has 2 N–H and O–H groups in total. The van der Waals surface area contributed by atoms with E-state index < -0.39 is 6.09 Å². The molecule has 0 unspecified atom stereocenters. The summed E-state index contributed by atoms with van der Waals surface area (Å²) in [6, 6.07) is 5.17. The number of anilines is 1. The van der Waals surface area contributed by atoms with Crippen LogP contribution in [0.2, 0.25) is 0 Å². The van der Waals surface area contributed by atoms with Gasteiger partial charge in [-0.15, -0.1) is 0 Å². The maximum absolute atomic E-state index is 11.3. The van der Waals surface area contributed by atoms with Gasteiger partial charge in [0.2, 0.25) is 0 Å². The Hall–Kier alpha value is -2.11. The lowest BCUT2D eigenvalue weighted by atomic mass is 10.3. The predicted octanol–water partition coefficient (Wildman–Crippen LogP) is 2.17. The molecular formula is C12H18N2O4. The summed E-state index contributed by atoms with van der Waals surface area (Å²) in [4.78, 5) is 11.3. The lowest BCUT2D eigenvalue weighted by Gasteiger charge is -2.13. The molecule has 0 heterocycles. The summed E-state index contributed by atoms with van der Waals surface area (Å²) >= 11 is 0. The van der Waals surface area contributed by atoms with Crippen molar-refractivity contribution in [2.75, 3.05) is 19.6 Å². The monoisotopic (exact) mass is 254 g/mol. The first-order valence-electron chi connectivity index (χ1n) is 5.51. The molecule has 1 aromatic rings. The third-order valence-corrected chi connectivity index (χ3v) is 2.00. The molecular weight excluding hydrogens is 236 g/mol. The van der Waals surface area contributed by atoms with Gasteiger partial charge in [0.25, 0.3) is 0 Å². The maximum atomic E-state index is 11.3. The van der Waals surface area contributed by atoms with Crippen molar-refractivity contribution in [2.24, 2.45) is 0 Å². The molecule has 18 heavy (non-hydrogen) atoms. The van der Waals surface area contributed by atoms with Crippen molar-refractivity contribution in [2.45, 2.75) is 20.0 Å². The summed E-state index contributed by atoms with van der Waals surface area (Å²) in [5.74, 6) is 1.24. The van der Waals surface area contributed by atoms with Gasteiger partial charge in [0.1, 0.15) is 11.5 Å². The van der Waals surface area contributed by atoms with Crippen molar-refractivity contribution in [3.8, 4) is 11.5 Å². The van der Waals surface area contributed by atoms with Gasteiger partial charge in [0.05, 0.1) is 26.0 Å². The molecule has 0 aliphatic heterocycles.